The highest BCUT2D eigenvalue weighted by molar-refractivity contribution is 6.30. The number of halogens is 1. The van der Waals surface area contributed by atoms with Crippen molar-refractivity contribution in [2.24, 2.45) is 0 Å². The van der Waals surface area contributed by atoms with E-state index in [0.717, 1.165) is 5.69 Å². The Labute approximate surface area is 159 Å². The second kappa shape index (κ2) is 7.50. The fourth-order valence-corrected chi connectivity index (χ4v) is 3.33. The Kier molecular flexibility index (Phi) is 5.33. The van der Waals surface area contributed by atoms with Crippen LogP contribution in [0.2, 0.25) is 5.02 Å². The highest BCUT2D eigenvalue weighted by Gasteiger charge is 2.35. The Morgan fingerprint density at radius 1 is 1.04 bits per heavy atom. The summed E-state index contributed by atoms with van der Waals surface area (Å²) in [7, 11) is 0. The first-order chi connectivity index (χ1) is 12.4. The van der Waals surface area contributed by atoms with Crippen molar-refractivity contribution in [3.8, 4) is 0 Å². The lowest BCUT2D eigenvalue weighted by Gasteiger charge is -2.39. The van der Waals surface area contributed by atoms with Crippen LogP contribution in [0.4, 0.5) is 5.69 Å². The van der Waals surface area contributed by atoms with Crippen LogP contribution in [0, 0.1) is 0 Å². The average molecular weight is 371 g/mol. The molecular formula is C21H23ClN2O2. The lowest BCUT2D eigenvalue weighted by Crippen LogP contribution is -2.57. The zero-order valence-corrected chi connectivity index (χ0v) is 16.0. The number of rotatable bonds is 3. The van der Waals surface area contributed by atoms with Crippen molar-refractivity contribution in [3.05, 3.63) is 64.7 Å². The van der Waals surface area contributed by atoms with E-state index < -0.39 is 6.04 Å². The summed E-state index contributed by atoms with van der Waals surface area (Å²) in [5.41, 5.74) is 2.67. The van der Waals surface area contributed by atoms with Gasteiger partial charge < -0.3 is 9.80 Å². The van der Waals surface area contributed by atoms with Crippen molar-refractivity contribution in [2.45, 2.75) is 32.7 Å². The minimum Gasteiger partial charge on any atom is -0.325 e. The van der Waals surface area contributed by atoms with Crippen LogP contribution in [-0.2, 0) is 4.79 Å². The molecule has 4 nitrogen and oxygen atoms in total. The molecule has 1 saturated heterocycles. The summed E-state index contributed by atoms with van der Waals surface area (Å²) in [6.45, 7) is 7.06. The van der Waals surface area contributed by atoms with Gasteiger partial charge >= 0.3 is 0 Å². The van der Waals surface area contributed by atoms with Crippen LogP contribution in [0.1, 0.15) is 42.6 Å². The number of carbonyl (C=O) groups excluding carboxylic acids is 2. The summed E-state index contributed by atoms with van der Waals surface area (Å²) in [6.07, 6.45) is 0. The van der Waals surface area contributed by atoms with Crippen molar-refractivity contribution in [2.75, 3.05) is 18.0 Å². The number of hydrogen-bond acceptors (Lipinski definition) is 2. The first kappa shape index (κ1) is 18.5. The Morgan fingerprint density at radius 2 is 1.65 bits per heavy atom. The van der Waals surface area contributed by atoms with Crippen molar-refractivity contribution in [1.29, 1.82) is 0 Å². The largest absolute Gasteiger partial charge is 0.325 e. The molecule has 0 bridgehead atoms. The van der Waals surface area contributed by atoms with Crippen molar-refractivity contribution >= 4 is 29.1 Å². The first-order valence-corrected chi connectivity index (χ1v) is 9.24. The third-order valence-corrected chi connectivity index (χ3v) is 5.13. The maximum atomic E-state index is 12.9. The van der Waals surface area contributed by atoms with E-state index in [0.29, 0.717) is 29.6 Å². The third kappa shape index (κ3) is 3.61. The van der Waals surface area contributed by atoms with Crippen LogP contribution >= 0.6 is 11.6 Å². The molecule has 136 valence electrons. The van der Waals surface area contributed by atoms with Crippen LogP contribution in [0.3, 0.4) is 0 Å². The summed E-state index contributed by atoms with van der Waals surface area (Å²) < 4.78 is 0. The summed E-state index contributed by atoms with van der Waals surface area (Å²) in [5, 5.41) is 0.584. The van der Waals surface area contributed by atoms with Gasteiger partial charge in [0.05, 0.1) is 0 Å². The van der Waals surface area contributed by atoms with Gasteiger partial charge in [0.25, 0.3) is 5.91 Å². The molecule has 2 aromatic rings. The monoisotopic (exact) mass is 370 g/mol. The second-order valence-corrected chi connectivity index (χ2v) is 7.35. The molecule has 1 aliphatic heterocycles. The summed E-state index contributed by atoms with van der Waals surface area (Å²) >= 11 is 5.89. The molecule has 0 aromatic heterocycles. The molecule has 0 radical (unpaired) electrons. The maximum absolute atomic E-state index is 12.9. The molecule has 0 saturated carbocycles. The van der Waals surface area contributed by atoms with Gasteiger partial charge in [-0.2, -0.15) is 0 Å². The molecule has 3 rings (SSSR count). The number of amides is 2. The lowest BCUT2D eigenvalue weighted by atomic mass is 10.0. The normalized spacial score (nSPS) is 17.7. The third-order valence-electron chi connectivity index (χ3n) is 4.88. The topological polar surface area (TPSA) is 40.6 Å². The van der Waals surface area contributed by atoms with Gasteiger partial charge in [-0.05, 0) is 54.8 Å². The average Bonchev–Trinajstić information content (AvgIpc) is 2.64. The zero-order valence-electron chi connectivity index (χ0n) is 15.3. The smallest absolute Gasteiger partial charge is 0.254 e. The maximum Gasteiger partial charge on any atom is 0.254 e. The Bertz CT molecular complexity index is 800. The highest BCUT2D eigenvalue weighted by atomic mass is 35.5. The van der Waals surface area contributed by atoms with Crippen LogP contribution in [0.25, 0.3) is 0 Å². The van der Waals surface area contributed by atoms with Crippen LogP contribution < -0.4 is 4.90 Å². The standard InChI is InChI=1S/C21H23ClN2O2/c1-14(2)16-6-10-19(11-7-16)24-13-12-23(15(3)20(24)25)21(26)17-4-8-18(22)9-5-17/h4-11,14-15H,12-13H2,1-3H3. The van der Waals surface area contributed by atoms with Crippen LogP contribution in [0.5, 0.6) is 0 Å². The molecule has 1 heterocycles. The lowest BCUT2D eigenvalue weighted by molar-refractivity contribution is -0.124. The van der Waals surface area contributed by atoms with E-state index in [1.54, 1.807) is 41.0 Å². The number of hydrogen-bond donors (Lipinski definition) is 0. The van der Waals surface area contributed by atoms with E-state index >= 15 is 0 Å². The van der Waals surface area contributed by atoms with Crippen molar-refractivity contribution in [1.82, 2.24) is 4.90 Å². The molecule has 2 amide bonds. The Balaban J connectivity index is 1.76. The number of piperazine rings is 1. The predicted octanol–water partition coefficient (Wildman–Crippen LogP) is 4.34. The number of nitrogens with zero attached hydrogens (tertiary/aromatic N) is 2. The Hall–Kier alpha value is -2.33. The quantitative estimate of drug-likeness (QED) is 0.806. The minimum atomic E-state index is -0.503. The molecule has 2 aromatic carbocycles. The summed E-state index contributed by atoms with van der Waals surface area (Å²) in [6, 6.07) is 14.3. The highest BCUT2D eigenvalue weighted by Crippen LogP contribution is 2.24. The van der Waals surface area contributed by atoms with Gasteiger partial charge in [-0.15, -0.1) is 0 Å². The molecule has 26 heavy (non-hydrogen) atoms. The molecule has 0 N–H and O–H groups in total. The molecule has 5 heteroatoms. The van der Waals surface area contributed by atoms with Crippen molar-refractivity contribution < 1.29 is 9.59 Å². The van der Waals surface area contributed by atoms with Crippen LogP contribution in [-0.4, -0.2) is 35.8 Å². The molecule has 1 fully saturated rings. The van der Waals surface area contributed by atoms with Gasteiger partial charge in [0.1, 0.15) is 6.04 Å². The number of carbonyl (C=O) groups is 2. The predicted molar refractivity (Wildman–Crippen MR) is 105 cm³/mol. The SMILES string of the molecule is CC(C)c1ccc(N2CCN(C(=O)c3ccc(Cl)cc3)C(C)C2=O)cc1. The van der Waals surface area contributed by atoms with Gasteiger partial charge in [-0.3, -0.25) is 9.59 Å². The fourth-order valence-electron chi connectivity index (χ4n) is 3.20. The minimum absolute atomic E-state index is 0.0594. The Morgan fingerprint density at radius 3 is 2.23 bits per heavy atom. The van der Waals surface area contributed by atoms with Gasteiger partial charge in [0.2, 0.25) is 5.91 Å². The van der Waals surface area contributed by atoms with Crippen LogP contribution in [0.15, 0.2) is 48.5 Å². The second-order valence-electron chi connectivity index (χ2n) is 6.92. The van der Waals surface area contributed by atoms with E-state index in [1.807, 2.05) is 12.1 Å². The van der Waals surface area contributed by atoms with E-state index in [9.17, 15) is 9.59 Å². The molecule has 1 unspecified atom stereocenters. The van der Waals surface area contributed by atoms with E-state index in [2.05, 4.69) is 26.0 Å². The van der Waals surface area contributed by atoms with Gasteiger partial charge in [0, 0.05) is 29.4 Å². The van der Waals surface area contributed by atoms with E-state index in [-0.39, 0.29) is 11.8 Å². The number of benzene rings is 2. The van der Waals surface area contributed by atoms with Gasteiger partial charge in [-0.25, -0.2) is 0 Å². The summed E-state index contributed by atoms with van der Waals surface area (Å²) in [5.74, 6) is 0.251. The van der Waals surface area contributed by atoms with Gasteiger partial charge in [-0.1, -0.05) is 37.6 Å². The van der Waals surface area contributed by atoms with Gasteiger partial charge in [0.15, 0.2) is 0 Å². The molecule has 0 aliphatic carbocycles. The van der Waals surface area contributed by atoms with Crippen molar-refractivity contribution in [3.63, 3.8) is 0 Å². The molecule has 1 aliphatic rings. The molecule has 0 spiro atoms. The molecule has 1 atom stereocenters. The number of anilines is 1. The fraction of sp³-hybridized carbons (Fsp3) is 0.333. The zero-order chi connectivity index (χ0) is 18.8. The first-order valence-electron chi connectivity index (χ1n) is 8.86. The van der Waals surface area contributed by atoms with E-state index in [1.165, 1.54) is 5.56 Å². The summed E-state index contributed by atoms with van der Waals surface area (Å²) in [4.78, 5) is 29.0. The molecular weight excluding hydrogens is 348 g/mol. The van der Waals surface area contributed by atoms with E-state index in [4.69, 9.17) is 11.6 Å².